The monoisotopic (exact) mass is 392 g/mol. The Hall–Kier alpha value is -3.33. The van der Waals surface area contributed by atoms with Gasteiger partial charge < -0.3 is 15.2 Å². The van der Waals surface area contributed by atoms with Crippen molar-refractivity contribution in [2.24, 2.45) is 10.3 Å². The van der Waals surface area contributed by atoms with E-state index in [2.05, 4.69) is 42.0 Å². The molecule has 0 fully saturated rings. The van der Waals surface area contributed by atoms with Gasteiger partial charge in [-0.15, -0.1) is 16.4 Å². The van der Waals surface area contributed by atoms with Gasteiger partial charge in [-0.25, -0.2) is 9.97 Å². The van der Waals surface area contributed by atoms with Crippen molar-refractivity contribution in [2.45, 2.75) is 13.5 Å². The lowest BCUT2D eigenvalue weighted by Crippen LogP contribution is -2.19. The molecule has 8 nitrogen and oxygen atoms in total. The zero-order valence-electron chi connectivity index (χ0n) is 15.6. The molecule has 4 rings (SSSR count). The quantitative estimate of drug-likeness (QED) is 0.200. The Kier molecular flexibility index (Phi) is 4.98. The number of hydrogen-bond donors (Lipinski definition) is 3. The number of amidine groups is 1. The average molecular weight is 392 g/mol. The fourth-order valence-electron chi connectivity index (χ4n) is 3.22. The molecule has 0 unspecified atom stereocenters. The lowest BCUT2D eigenvalue weighted by molar-refractivity contribution is 0.700. The average Bonchev–Trinajstić information content (AvgIpc) is 3.35. The van der Waals surface area contributed by atoms with Crippen LogP contribution in [0.4, 0.5) is 5.82 Å². The second-order valence-corrected chi connectivity index (χ2v) is 7.17. The summed E-state index contributed by atoms with van der Waals surface area (Å²) in [4.78, 5) is 9.12. The first-order valence-corrected chi connectivity index (χ1v) is 9.74. The number of anilines is 1. The molecular formula is C19H20N8S. The molecule has 0 aliphatic rings. The van der Waals surface area contributed by atoms with Crippen molar-refractivity contribution >= 4 is 44.0 Å². The minimum atomic E-state index is 0.537. The molecule has 9 heteroatoms. The molecule has 0 amide bonds. The van der Waals surface area contributed by atoms with Gasteiger partial charge in [-0.3, -0.25) is 0 Å². The van der Waals surface area contributed by atoms with Gasteiger partial charge in [-0.2, -0.15) is 5.53 Å². The van der Waals surface area contributed by atoms with Crippen LogP contribution in [0.3, 0.4) is 0 Å². The summed E-state index contributed by atoms with van der Waals surface area (Å²) < 4.78 is 3.31. The van der Waals surface area contributed by atoms with Crippen molar-refractivity contribution in [1.82, 2.24) is 19.9 Å². The Labute approximate surface area is 165 Å². The van der Waals surface area contributed by atoms with Gasteiger partial charge in [-0.1, -0.05) is 17.4 Å². The summed E-state index contributed by atoms with van der Waals surface area (Å²) >= 11 is 1.71. The predicted octanol–water partition coefficient (Wildman–Crippen LogP) is 3.98. The molecule has 0 aliphatic heterocycles. The van der Waals surface area contributed by atoms with E-state index in [0.717, 1.165) is 46.6 Å². The van der Waals surface area contributed by atoms with Gasteiger partial charge in [0.1, 0.15) is 11.6 Å². The number of pyridine rings is 1. The highest BCUT2D eigenvalue weighted by Crippen LogP contribution is 2.33. The summed E-state index contributed by atoms with van der Waals surface area (Å²) in [6.07, 6.45) is 3.79. The number of imidazole rings is 1. The van der Waals surface area contributed by atoms with Gasteiger partial charge in [-0.05, 0) is 24.4 Å². The second kappa shape index (κ2) is 7.73. The molecule has 0 saturated heterocycles. The van der Waals surface area contributed by atoms with Gasteiger partial charge >= 0.3 is 0 Å². The van der Waals surface area contributed by atoms with Crippen molar-refractivity contribution in [3.8, 4) is 0 Å². The van der Waals surface area contributed by atoms with E-state index in [-0.39, 0.29) is 0 Å². The first-order valence-electron chi connectivity index (χ1n) is 8.86. The number of aryl methyl sites for hydroxylation is 1. The Morgan fingerprint density at radius 2 is 2.18 bits per heavy atom. The van der Waals surface area contributed by atoms with Crippen LogP contribution >= 0.6 is 11.3 Å². The Bertz CT molecular complexity index is 1170. The van der Waals surface area contributed by atoms with Gasteiger partial charge in [0.2, 0.25) is 0 Å². The molecule has 142 valence electrons. The molecule has 0 saturated carbocycles. The van der Waals surface area contributed by atoms with E-state index in [9.17, 15) is 0 Å². The van der Waals surface area contributed by atoms with Gasteiger partial charge in [0.05, 0.1) is 5.52 Å². The highest BCUT2D eigenvalue weighted by Gasteiger charge is 2.12. The largest absolute Gasteiger partial charge is 0.371 e. The molecule has 1 aromatic carbocycles. The molecule has 3 aromatic heterocycles. The third kappa shape index (κ3) is 3.31. The predicted molar refractivity (Wildman–Crippen MR) is 113 cm³/mol. The maximum absolute atomic E-state index is 6.99. The summed E-state index contributed by atoms with van der Waals surface area (Å²) in [6, 6.07) is 8.09. The summed E-state index contributed by atoms with van der Waals surface area (Å²) in [5, 5.41) is 17.7. The van der Waals surface area contributed by atoms with Crippen LogP contribution in [-0.2, 0) is 6.54 Å². The first-order chi connectivity index (χ1) is 13.7. The molecule has 3 heterocycles. The first kappa shape index (κ1) is 18.1. The maximum Gasteiger partial charge on any atom is 0.157 e. The number of rotatable bonds is 6. The number of nitrogens with one attached hydrogen (secondary N) is 3. The van der Waals surface area contributed by atoms with Crippen LogP contribution in [0, 0.1) is 12.5 Å². The van der Waals surface area contributed by atoms with Gasteiger partial charge in [0, 0.05) is 53.6 Å². The van der Waals surface area contributed by atoms with Gasteiger partial charge in [0.25, 0.3) is 0 Å². The van der Waals surface area contributed by atoms with Crippen molar-refractivity contribution in [3.05, 3.63) is 53.4 Å². The van der Waals surface area contributed by atoms with E-state index in [1.165, 1.54) is 4.70 Å². The standard InChI is InChI=1S/C19H20N8S/c1-12-22-6-8-27(12)9-7-23-19-15-5-10-28-17(15)14-4-3-13(11-16(14)24-19)18(21-2)25-26-20/h3-6,8,10-11H,7,9H2,1-2H3,(H,23,24)(H2,20,21,25). The highest BCUT2D eigenvalue weighted by atomic mass is 32.1. The molecule has 3 N–H and O–H groups in total. The lowest BCUT2D eigenvalue weighted by Gasteiger charge is -2.11. The number of benzene rings is 1. The molecular weight excluding hydrogens is 372 g/mol. The Morgan fingerprint density at radius 3 is 2.93 bits per heavy atom. The van der Waals surface area contributed by atoms with Crippen LogP contribution in [0.25, 0.3) is 21.0 Å². The number of nitrogens with zero attached hydrogens (tertiary/aromatic N) is 5. The van der Waals surface area contributed by atoms with E-state index in [1.807, 2.05) is 37.5 Å². The molecule has 4 aromatic rings. The number of thiophene rings is 1. The molecule has 0 spiro atoms. The number of hydrogen-bond acceptors (Lipinski definition) is 6. The van der Waals surface area contributed by atoms with Crippen LogP contribution in [0.1, 0.15) is 11.4 Å². The molecule has 0 radical (unpaired) electrons. The minimum absolute atomic E-state index is 0.537. The fourth-order valence-corrected chi connectivity index (χ4v) is 4.15. The molecule has 0 bridgehead atoms. The minimum Gasteiger partial charge on any atom is -0.371 e. The van der Waals surface area contributed by atoms with Crippen molar-refractivity contribution in [1.29, 1.82) is 5.53 Å². The lowest BCUT2D eigenvalue weighted by atomic mass is 10.1. The maximum atomic E-state index is 6.99. The van der Waals surface area contributed by atoms with E-state index >= 15 is 0 Å². The SMILES string of the molecule is CN/C(=N\N=N)c1ccc2c(c1)nc(NCCn1ccnc1C)c1ccsc12. The Morgan fingerprint density at radius 1 is 1.29 bits per heavy atom. The zero-order chi connectivity index (χ0) is 19.5. The van der Waals surface area contributed by atoms with Crippen LogP contribution in [0.2, 0.25) is 0 Å². The van der Waals surface area contributed by atoms with Crippen LogP contribution < -0.4 is 10.6 Å². The normalized spacial score (nSPS) is 11.9. The fraction of sp³-hybridized carbons (Fsp3) is 0.211. The summed E-state index contributed by atoms with van der Waals surface area (Å²) in [7, 11) is 1.76. The van der Waals surface area contributed by atoms with Crippen molar-refractivity contribution in [2.75, 3.05) is 18.9 Å². The van der Waals surface area contributed by atoms with E-state index in [0.29, 0.717) is 5.84 Å². The van der Waals surface area contributed by atoms with E-state index in [4.69, 9.17) is 10.5 Å². The van der Waals surface area contributed by atoms with Crippen LogP contribution in [0.15, 0.2) is 52.4 Å². The van der Waals surface area contributed by atoms with Crippen molar-refractivity contribution < 1.29 is 0 Å². The smallest absolute Gasteiger partial charge is 0.157 e. The molecule has 0 aliphatic carbocycles. The van der Waals surface area contributed by atoms with Crippen molar-refractivity contribution in [3.63, 3.8) is 0 Å². The topological polar surface area (TPSA) is 103 Å². The summed E-state index contributed by atoms with van der Waals surface area (Å²) in [5.74, 6) is 2.40. The number of fused-ring (bicyclic) bond motifs is 3. The third-order valence-corrected chi connectivity index (χ3v) is 5.57. The Balaban J connectivity index is 1.70. The van der Waals surface area contributed by atoms with E-state index < -0.39 is 0 Å². The zero-order valence-corrected chi connectivity index (χ0v) is 16.4. The third-order valence-electron chi connectivity index (χ3n) is 4.62. The molecule has 28 heavy (non-hydrogen) atoms. The number of aromatic nitrogens is 3. The van der Waals surface area contributed by atoms with E-state index in [1.54, 1.807) is 18.4 Å². The molecule has 0 atom stereocenters. The van der Waals surface area contributed by atoms with Crippen LogP contribution in [-0.4, -0.2) is 34.0 Å². The second-order valence-electron chi connectivity index (χ2n) is 6.25. The summed E-state index contributed by atoms with van der Waals surface area (Å²) in [6.45, 7) is 3.57. The van der Waals surface area contributed by atoms with Gasteiger partial charge in [0.15, 0.2) is 5.84 Å². The van der Waals surface area contributed by atoms with Crippen LogP contribution in [0.5, 0.6) is 0 Å². The highest BCUT2D eigenvalue weighted by molar-refractivity contribution is 7.18. The summed E-state index contributed by atoms with van der Waals surface area (Å²) in [5.41, 5.74) is 8.71.